The topological polar surface area (TPSA) is 52.5 Å². The van der Waals surface area contributed by atoms with Gasteiger partial charge in [-0.05, 0) is 32.2 Å². The van der Waals surface area contributed by atoms with Crippen LogP contribution < -0.4 is 5.32 Å². The summed E-state index contributed by atoms with van der Waals surface area (Å²) in [6, 6.07) is 0. The van der Waals surface area contributed by atoms with Gasteiger partial charge in [-0.25, -0.2) is 0 Å². The molecule has 0 aromatic carbocycles. The highest BCUT2D eigenvalue weighted by Crippen LogP contribution is 2.14. The summed E-state index contributed by atoms with van der Waals surface area (Å²) in [4.78, 5) is 0. The minimum absolute atomic E-state index is 0.0526. The van der Waals surface area contributed by atoms with Crippen LogP contribution in [-0.2, 0) is 0 Å². The highest BCUT2D eigenvalue weighted by atomic mass is 16.3. The summed E-state index contributed by atoms with van der Waals surface area (Å²) in [5, 5.41) is 23.1. The number of rotatable bonds is 22. The van der Waals surface area contributed by atoms with Gasteiger partial charge in [-0.1, -0.05) is 104 Å². The van der Waals surface area contributed by atoms with Gasteiger partial charge in [0.1, 0.15) is 0 Å². The van der Waals surface area contributed by atoms with Crippen molar-refractivity contribution >= 4 is 0 Å². The Kier molecular flexibility index (Phi) is 22.1. The summed E-state index contributed by atoms with van der Waals surface area (Å²) < 4.78 is 0. The molecular weight excluding hydrogens is 334 g/mol. The number of unbranched alkanes of at least 4 members (excludes halogenated alkanes) is 12. The molecule has 0 heterocycles. The predicted molar refractivity (Wildman–Crippen MR) is 119 cm³/mol. The lowest BCUT2D eigenvalue weighted by Crippen LogP contribution is -2.27. The second-order valence-electron chi connectivity index (χ2n) is 8.47. The minimum atomic E-state index is -0.160. The van der Waals surface area contributed by atoms with Gasteiger partial charge in [-0.2, -0.15) is 0 Å². The van der Waals surface area contributed by atoms with Gasteiger partial charge in [0.15, 0.2) is 0 Å². The maximum absolute atomic E-state index is 9.96. The van der Waals surface area contributed by atoms with Crippen molar-refractivity contribution in [3.8, 4) is 0 Å². The maximum atomic E-state index is 9.96. The van der Waals surface area contributed by atoms with Crippen LogP contribution in [0.1, 0.15) is 129 Å². The third-order valence-corrected chi connectivity index (χ3v) is 5.55. The highest BCUT2D eigenvalue weighted by molar-refractivity contribution is 4.60. The Hall–Kier alpha value is -0.120. The van der Waals surface area contributed by atoms with Gasteiger partial charge in [0.2, 0.25) is 0 Å². The Morgan fingerprint density at radius 1 is 0.519 bits per heavy atom. The molecule has 3 nitrogen and oxygen atoms in total. The van der Waals surface area contributed by atoms with Crippen molar-refractivity contribution in [1.82, 2.24) is 5.32 Å². The van der Waals surface area contributed by atoms with Crippen LogP contribution >= 0.6 is 0 Å². The van der Waals surface area contributed by atoms with E-state index in [9.17, 15) is 10.2 Å². The van der Waals surface area contributed by atoms with Crippen LogP contribution in [0.4, 0.5) is 0 Å². The molecule has 0 rings (SSSR count). The van der Waals surface area contributed by atoms with Gasteiger partial charge in [-0.15, -0.1) is 0 Å². The normalized spacial score (nSPS) is 13.8. The fourth-order valence-corrected chi connectivity index (χ4v) is 3.63. The number of aliphatic hydroxyl groups excluding tert-OH is 2. The largest absolute Gasteiger partial charge is 0.393 e. The second kappa shape index (κ2) is 22.2. The fraction of sp³-hybridized carbons (Fsp3) is 1.00. The zero-order valence-corrected chi connectivity index (χ0v) is 18.7. The lowest BCUT2D eigenvalue weighted by atomic mass is 10.0. The first-order valence-electron chi connectivity index (χ1n) is 12.3. The molecule has 0 spiro atoms. The van der Waals surface area contributed by atoms with E-state index < -0.39 is 0 Å². The lowest BCUT2D eigenvalue weighted by Gasteiger charge is -2.11. The van der Waals surface area contributed by atoms with Crippen LogP contribution in [0.2, 0.25) is 0 Å². The molecule has 0 saturated carbocycles. The first-order chi connectivity index (χ1) is 13.2. The monoisotopic (exact) mass is 385 g/mol. The Morgan fingerprint density at radius 3 is 1.52 bits per heavy atom. The third kappa shape index (κ3) is 22.0. The summed E-state index contributed by atoms with van der Waals surface area (Å²) in [6.45, 7) is 6.20. The fourth-order valence-electron chi connectivity index (χ4n) is 3.63. The number of hydrogen-bond acceptors (Lipinski definition) is 3. The van der Waals surface area contributed by atoms with E-state index >= 15 is 0 Å². The van der Waals surface area contributed by atoms with Crippen LogP contribution in [0.5, 0.6) is 0 Å². The van der Waals surface area contributed by atoms with Crippen molar-refractivity contribution in [1.29, 1.82) is 0 Å². The molecule has 27 heavy (non-hydrogen) atoms. The quantitative estimate of drug-likeness (QED) is 0.190. The molecule has 0 saturated heterocycles. The van der Waals surface area contributed by atoms with E-state index in [1.165, 1.54) is 83.5 Å². The van der Waals surface area contributed by atoms with Crippen molar-refractivity contribution in [2.75, 3.05) is 13.1 Å². The van der Waals surface area contributed by atoms with E-state index in [1.807, 2.05) is 0 Å². The maximum Gasteiger partial charge on any atom is 0.0664 e. The Balaban J connectivity index is 3.14. The standard InChI is InChI=1S/C24H51NO2/c1-3-5-7-15-19-23(26)20-16-13-11-9-8-10-12-14-17-21-25-22-24(27)18-6-4-2/h23-27H,3-22H2,1-2H3. The van der Waals surface area contributed by atoms with E-state index in [-0.39, 0.29) is 12.2 Å². The molecule has 0 bridgehead atoms. The average molecular weight is 386 g/mol. The minimum Gasteiger partial charge on any atom is -0.393 e. The zero-order chi connectivity index (χ0) is 20.0. The highest BCUT2D eigenvalue weighted by Gasteiger charge is 2.04. The predicted octanol–water partition coefficient (Wildman–Crippen LogP) is 6.36. The molecule has 0 fully saturated rings. The van der Waals surface area contributed by atoms with Crippen molar-refractivity contribution in [3.05, 3.63) is 0 Å². The first kappa shape index (κ1) is 26.9. The Bertz CT molecular complexity index is 273. The van der Waals surface area contributed by atoms with Gasteiger partial charge >= 0.3 is 0 Å². The second-order valence-corrected chi connectivity index (χ2v) is 8.47. The molecular formula is C24H51NO2. The molecule has 3 heteroatoms. The van der Waals surface area contributed by atoms with Crippen molar-refractivity contribution in [3.63, 3.8) is 0 Å². The summed E-state index contributed by atoms with van der Waals surface area (Å²) in [5.41, 5.74) is 0. The third-order valence-electron chi connectivity index (χ3n) is 5.55. The number of hydrogen-bond donors (Lipinski definition) is 3. The van der Waals surface area contributed by atoms with Crippen molar-refractivity contribution in [2.24, 2.45) is 0 Å². The average Bonchev–Trinajstić information content (AvgIpc) is 2.67. The van der Waals surface area contributed by atoms with Gasteiger partial charge in [0.05, 0.1) is 12.2 Å². The smallest absolute Gasteiger partial charge is 0.0664 e. The molecule has 0 aromatic heterocycles. The van der Waals surface area contributed by atoms with Crippen LogP contribution in [0.25, 0.3) is 0 Å². The SMILES string of the molecule is CCCCCCC(O)CCCCCCCCCCCNCC(O)CCCC. The van der Waals surface area contributed by atoms with Crippen LogP contribution in [0.3, 0.4) is 0 Å². The Morgan fingerprint density at radius 2 is 0.963 bits per heavy atom. The summed E-state index contributed by atoms with van der Waals surface area (Å²) in [6.07, 6.45) is 21.9. The van der Waals surface area contributed by atoms with Gasteiger partial charge in [-0.3, -0.25) is 0 Å². The van der Waals surface area contributed by atoms with E-state index in [2.05, 4.69) is 19.2 Å². The molecule has 0 radical (unpaired) electrons. The van der Waals surface area contributed by atoms with E-state index in [0.717, 1.165) is 45.2 Å². The lowest BCUT2D eigenvalue weighted by molar-refractivity contribution is 0.147. The molecule has 2 unspecified atom stereocenters. The van der Waals surface area contributed by atoms with Gasteiger partial charge in [0, 0.05) is 6.54 Å². The zero-order valence-electron chi connectivity index (χ0n) is 18.7. The summed E-state index contributed by atoms with van der Waals surface area (Å²) >= 11 is 0. The molecule has 0 aliphatic carbocycles. The molecule has 0 aromatic rings. The molecule has 164 valence electrons. The van der Waals surface area contributed by atoms with E-state index in [1.54, 1.807) is 0 Å². The van der Waals surface area contributed by atoms with Gasteiger partial charge < -0.3 is 15.5 Å². The van der Waals surface area contributed by atoms with Crippen LogP contribution in [0, 0.1) is 0 Å². The van der Waals surface area contributed by atoms with Crippen LogP contribution in [0.15, 0.2) is 0 Å². The number of nitrogens with one attached hydrogen (secondary N) is 1. The molecule has 0 aliphatic rings. The molecule has 0 aliphatic heterocycles. The van der Waals surface area contributed by atoms with Gasteiger partial charge in [0.25, 0.3) is 0 Å². The summed E-state index contributed by atoms with van der Waals surface area (Å²) in [5.74, 6) is 0. The Labute approximate surface area is 170 Å². The van der Waals surface area contributed by atoms with Crippen molar-refractivity contribution in [2.45, 2.75) is 142 Å². The summed E-state index contributed by atoms with van der Waals surface area (Å²) in [7, 11) is 0. The molecule has 2 atom stereocenters. The van der Waals surface area contributed by atoms with E-state index in [4.69, 9.17) is 0 Å². The first-order valence-corrected chi connectivity index (χ1v) is 12.3. The molecule has 0 amide bonds. The number of aliphatic hydroxyl groups is 2. The van der Waals surface area contributed by atoms with Crippen molar-refractivity contribution < 1.29 is 10.2 Å². The van der Waals surface area contributed by atoms with E-state index in [0.29, 0.717) is 0 Å². The van der Waals surface area contributed by atoms with Crippen LogP contribution in [-0.4, -0.2) is 35.5 Å². The molecule has 3 N–H and O–H groups in total.